The topological polar surface area (TPSA) is 84.9 Å². The summed E-state index contributed by atoms with van der Waals surface area (Å²) in [5.74, 6) is -0.701. The molecule has 0 heterocycles. The molecule has 0 aliphatic carbocycles. The number of carbonyl (C=O) groups excluding carboxylic acids is 1. The summed E-state index contributed by atoms with van der Waals surface area (Å²) in [4.78, 5) is 24.1. The highest BCUT2D eigenvalue weighted by atomic mass is 127. The Hall–Kier alpha value is -3.33. The Balaban J connectivity index is 1.81. The summed E-state index contributed by atoms with van der Waals surface area (Å²) in [7, 11) is 0. The zero-order chi connectivity index (χ0) is 22.9. The zero-order valence-corrected chi connectivity index (χ0v) is 19.5. The fraction of sp³-hybridized carbons (Fsp3) is 0.120. The minimum atomic E-state index is -1.24. The molecule has 0 unspecified atom stereocenters. The molecule has 2 N–H and O–H groups in total. The molecule has 0 saturated carbocycles. The molecule has 0 fully saturated rings. The Labute approximate surface area is 200 Å². The molecule has 3 aromatic carbocycles. The van der Waals surface area contributed by atoms with E-state index in [9.17, 15) is 14.7 Å². The highest BCUT2D eigenvalue weighted by molar-refractivity contribution is 14.1. The van der Waals surface area contributed by atoms with Crippen LogP contribution in [0.25, 0.3) is 6.08 Å². The van der Waals surface area contributed by atoms with Crippen LogP contribution >= 0.6 is 22.6 Å². The van der Waals surface area contributed by atoms with Crippen molar-refractivity contribution in [3.8, 4) is 11.5 Å². The molecule has 0 aliphatic heterocycles. The summed E-state index contributed by atoms with van der Waals surface area (Å²) < 4.78 is 12.7. The van der Waals surface area contributed by atoms with E-state index in [1.807, 2.05) is 31.2 Å². The summed E-state index contributed by atoms with van der Waals surface area (Å²) in [6, 6.07) is 21.5. The SMILES string of the molecule is CCOc1cc(/C=C(/NC(=O)c2ccccc2)C(=O)O)ccc1OCc1ccccc1I. The van der Waals surface area contributed by atoms with Crippen LogP contribution in [0.1, 0.15) is 28.4 Å². The number of aliphatic carboxylic acids is 1. The lowest BCUT2D eigenvalue weighted by molar-refractivity contribution is -0.132. The molecular formula is C25H22INO5. The smallest absolute Gasteiger partial charge is 0.352 e. The first kappa shape index (κ1) is 23.3. The molecule has 0 saturated heterocycles. The summed E-state index contributed by atoms with van der Waals surface area (Å²) in [5, 5.41) is 12.0. The van der Waals surface area contributed by atoms with Crippen LogP contribution in [-0.4, -0.2) is 23.6 Å². The van der Waals surface area contributed by atoms with Gasteiger partial charge >= 0.3 is 5.97 Å². The van der Waals surface area contributed by atoms with E-state index in [1.165, 1.54) is 6.08 Å². The van der Waals surface area contributed by atoms with Crippen LogP contribution in [0.4, 0.5) is 0 Å². The van der Waals surface area contributed by atoms with Crippen LogP contribution in [0.5, 0.6) is 11.5 Å². The van der Waals surface area contributed by atoms with Gasteiger partial charge in [0.05, 0.1) is 6.61 Å². The van der Waals surface area contributed by atoms with Crippen molar-refractivity contribution in [3.05, 3.63) is 98.8 Å². The van der Waals surface area contributed by atoms with Crippen molar-refractivity contribution in [2.75, 3.05) is 6.61 Å². The van der Waals surface area contributed by atoms with E-state index in [2.05, 4.69) is 27.9 Å². The van der Waals surface area contributed by atoms with Crippen LogP contribution in [0, 0.1) is 3.57 Å². The van der Waals surface area contributed by atoms with Gasteiger partial charge in [-0.05, 0) is 71.5 Å². The van der Waals surface area contributed by atoms with Crippen LogP contribution in [-0.2, 0) is 11.4 Å². The lowest BCUT2D eigenvalue weighted by Gasteiger charge is -2.14. The summed E-state index contributed by atoms with van der Waals surface area (Å²) in [5.41, 5.74) is 1.74. The first-order valence-corrected chi connectivity index (χ1v) is 11.0. The Bertz CT molecular complexity index is 1130. The lowest BCUT2D eigenvalue weighted by atomic mass is 10.1. The van der Waals surface area contributed by atoms with Crippen LogP contribution < -0.4 is 14.8 Å². The molecule has 164 valence electrons. The first-order valence-electron chi connectivity index (χ1n) is 9.92. The lowest BCUT2D eigenvalue weighted by Crippen LogP contribution is -2.27. The molecule has 0 aromatic heterocycles. The Morgan fingerprint density at radius 2 is 1.69 bits per heavy atom. The van der Waals surface area contributed by atoms with Gasteiger partial charge in [0.25, 0.3) is 5.91 Å². The highest BCUT2D eigenvalue weighted by Gasteiger charge is 2.14. The van der Waals surface area contributed by atoms with Crippen LogP contribution in [0.15, 0.2) is 78.5 Å². The van der Waals surface area contributed by atoms with E-state index in [-0.39, 0.29) is 5.70 Å². The average Bonchev–Trinajstić information content (AvgIpc) is 2.79. The van der Waals surface area contributed by atoms with Gasteiger partial charge in [-0.2, -0.15) is 0 Å². The van der Waals surface area contributed by atoms with Crippen molar-refractivity contribution in [1.82, 2.24) is 5.32 Å². The van der Waals surface area contributed by atoms with Crippen molar-refractivity contribution in [2.24, 2.45) is 0 Å². The van der Waals surface area contributed by atoms with Crippen molar-refractivity contribution >= 4 is 40.5 Å². The number of carboxylic acids is 1. The zero-order valence-electron chi connectivity index (χ0n) is 17.4. The van der Waals surface area contributed by atoms with Gasteiger partial charge in [-0.15, -0.1) is 0 Å². The van der Waals surface area contributed by atoms with E-state index in [0.717, 1.165) is 9.13 Å². The number of amides is 1. The third-order valence-electron chi connectivity index (χ3n) is 4.43. The van der Waals surface area contributed by atoms with Gasteiger partial charge < -0.3 is 19.9 Å². The highest BCUT2D eigenvalue weighted by Crippen LogP contribution is 2.30. The number of halogens is 1. The van der Waals surface area contributed by atoms with Crippen LogP contribution in [0.2, 0.25) is 0 Å². The minimum Gasteiger partial charge on any atom is -0.490 e. The second-order valence-corrected chi connectivity index (χ2v) is 7.86. The molecule has 1 amide bonds. The Morgan fingerprint density at radius 3 is 2.38 bits per heavy atom. The number of ether oxygens (including phenoxy) is 2. The summed E-state index contributed by atoms with van der Waals surface area (Å²) in [6.07, 6.45) is 1.38. The minimum absolute atomic E-state index is 0.242. The molecule has 3 rings (SSSR count). The van der Waals surface area contributed by atoms with E-state index in [1.54, 1.807) is 48.5 Å². The largest absolute Gasteiger partial charge is 0.490 e. The third kappa shape index (κ3) is 6.34. The van der Waals surface area contributed by atoms with Gasteiger partial charge in [-0.25, -0.2) is 4.79 Å². The Morgan fingerprint density at radius 1 is 0.969 bits per heavy atom. The van der Waals surface area contributed by atoms with E-state index in [4.69, 9.17) is 9.47 Å². The monoisotopic (exact) mass is 543 g/mol. The van der Waals surface area contributed by atoms with Gasteiger partial charge in [0, 0.05) is 14.7 Å². The maximum absolute atomic E-state index is 12.4. The van der Waals surface area contributed by atoms with E-state index < -0.39 is 11.9 Å². The molecule has 6 nitrogen and oxygen atoms in total. The van der Waals surface area contributed by atoms with Crippen LogP contribution in [0.3, 0.4) is 0 Å². The second kappa shape index (κ2) is 11.3. The number of carbonyl (C=O) groups is 2. The van der Waals surface area contributed by atoms with Gasteiger partial charge in [0.15, 0.2) is 11.5 Å². The number of hydrogen-bond acceptors (Lipinski definition) is 4. The molecule has 0 aliphatic rings. The van der Waals surface area contributed by atoms with Gasteiger partial charge in [-0.1, -0.05) is 42.5 Å². The van der Waals surface area contributed by atoms with Crippen molar-refractivity contribution in [3.63, 3.8) is 0 Å². The quantitative estimate of drug-likeness (QED) is 0.289. The van der Waals surface area contributed by atoms with Gasteiger partial charge in [-0.3, -0.25) is 4.79 Å². The predicted molar refractivity (Wildman–Crippen MR) is 131 cm³/mol. The third-order valence-corrected chi connectivity index (χ3v) is 5.49. The first-order chi connectivity index (χ1) is 15.5. The molecule has 0 atom stereocenters. The standard InChI is InChI=1S/C25H22INO5/c1-2-31-23-15-17(12-13-22(23)32-16-19-10-6-7-11-20(19)26)14-21(25(29)30)27-24(28)18-8-4-3-5-9-18/h3-15H,2,16H2,1H3,(H,27,28)(H,29,30)/b21-14+. The van der Waals surface area contributed by atoms with Crippen molar-refractivity contribution in [2.45, 2.75) is 13.5 Å². The van der Waals surface area contributed by atoms with Gasteiger partial charge in [0.1, 0.15) is 12.3 Å². The molecule has 0 bridgehead atoms. The fourth-order valence-electron chi connectivity index (χ4n) is 2.87. The van der Waals surface area contributed by atoms with Crippen molar-refractivity contribution in [1.29, 1.82) is 0 Å². The molecule has 32 heavy (non-hydrogen) atoms. The normalized spacial score (nSPS) is 11.0. The average molecular weight is 543 g/mol. The molecular weight excluding hydrogens is 521 g/mol. The molecule has 0 spiro atoms. The summed E-state index contributed by atoms with van der Waals surface area (Å²) in [6.45, 7) is 2.65. The van der Waals surface area contributed by atoms with E-state index >= 15 is 0 Å². The molecule has 7 heteroatoms. The predicted octanol–water partition coefficient (Wildman–Crippen LogP) is 5.12. The van der Waals surface area contributed by atoms with Crippen molar-refractivity contribution < 1.29 is 24.2 Å². The Kier molecular flexibility index (Phi) is 8.27. The maximum Gasteiger partial charge on any atom is 0.352 e. The molecule has 0 radical (unpaired) electrons. The second-order valence-electron chi connectivity index (χ2n) is 6.70. The fourth-order valence-corrected chi connectivity index (χ4v) is 3.42. The number of benzene rings is 3. The summed E-state index contributed by atoms with van der Waals surface area (Å²) >= 11 is 2.26. The number of rotatable bonds is 9. The number of carboxylic acid groups (broad SMARTS) is 1. The number of hydrogen-bond donors (Lipinski definition) is 2. The van der Waals surface area contributed by atoms with Gasteiger partial charge in [0.2, 0.25) is 0 Å². The molecule has 3 aromatic rings. The maximum atomic E-state index is 12.4. The van der Waals surface area contributed by atoms with E-state index in [0.29, 0.717) is 35.8 Å². The number of nitrogens with one attached hydrogen (secondary N) is 1.